The molecule has 0 atom stereocenters. The Morgan fingerprint density at radius 3 is 2.63 bits per heavy atom. The van der Waals surface area contributed by atoms with E-state index in [1.54, 1.807) is 0 Å². The van der Waals surface area contributed by atoms with Crippen molar-refractivity contribution in [2.45, 2.75) is 35.9 Å². The highest BCUT2D eigenvalue weighted by molar-refractivity contribution is 7.99. The van der Waals surface area contributed by atoms with Crippen LogP contribution in [-0.2, 0) is 6.18 Å². The Labute approximate surface area is 158 Å². The molecule has 0 bridgehead atoms. The van der Waals surface area contributed by atoms with Gasteiger partial charge in [0.25, 0.3) is 5.56 Å². The average Bonchev–Trinajstić information content (AvgIpc) is 2.63. The molecule has 3 rings (SSSR count). The molecule has 6 nitrogen and oxygen atoms in total. The highest BCUT2D eigenvalue weighted by atomic mass is 32.2. The number of aromatic amines is 1. The van der Waals surface area contributed by atoms with Crippen LogP contribution in [-0.4, -0.2) is 34.6 Å². The fourth-order valence-corrected chi connectivity index (χ4v) is 3.82. The first kappa shape index (κ1) is 19.7. The standard InChI is InChI=1S/C17H20F3N5OS/c1-16(10-21)4-7-25(8-5-16)14-15(26)24-12(9-23-14)27-11-3-2-6-22-13(11)17(18,19)20/h2-3,6,9H,4-5,7-8,10,21H2,1H3,(H,24,26). The minimum absolute atomic E-state index is 0.0629. The summed E-state index contributed by atoms with van der Waals surface area (Å²) in [6.45, 7) is 4.04. The first-order valence-corrected chi connectivity index (χ1v) is 9.28. The summed E-state index contributed by atoms with van der Waals surface area (Å²) >= 11 is 0.778. The van der Waals surface area contributed by atoms with E-state index in [4.69, 9.17) is 5.73 Å². The van der Waals surface area contributed by atoms with Crippen LogP contribution in [0.4, 0.5) is 19.0 Å². The van der Waals surface area contributed by atoms with Crippen molar-refractivity contribution in [3.8, 4) is 0 Å². The van der Waals surface area contributed by atoms with Crippen molar-refractivity contribution in [2.75, 3.05) is 24.5 Å². The summed E-state index contributed by atoms with van der Waals surface area (Å²) < 4.78 is 39.2. The van der Waals surface area contributed by atoms with Gasteiger partial charge in [-0.2, -0.15) is 13.2 Å². The third-order valence-electron chi connectivity index (χ3n) is 4.77. The molecule has 0 radical (unpaired) electrons. The Balaban J connectivity index is 1.78. The molecule has 0 spiro atoms. The summed E-state index contributed by atoms with van der Waals surface area (Å²) in [4.78, 5) is 24.4. The number of aromatic nitrogens is 3. The SMILES string of the molecule is CC1(CN)CCN(c2ncc(Sc3cccnc3C(F)(F)F)[nH]c2=O)CC1. The van der Waals surface area contributed by atoms with Crippen LogP contribution in [0.5, 0.6) is 0 Å². The molecule has 146 valence electrons. The normalized spacial score (nSPS) is 17.1. The number of nitrogens with zero attached hydrogens (tertiary/aromatic N) is 3. The van der Waals surface area contributed by atoms with Crippen molar-refractivity contribution in [3.05, 3.63) is 40.6 Å². The maximum absolute atomic E-state index is 13.1. The Hall–Kier alpha value is -2.07. The van der Waals surface area contributed by atoms with Crippen LogP contribution in [0, 0.1) is 5.41 Å². The third-order valence-corrected chi connectivity index (χ3v) is 5.74. The summed E-state index contributed by atoms with van der Waals surface area (Å²) in [5.41, 5.74) is 4.45. The van der Waals surface area contributed by atoms with E-state index in [-0.39, 0.29) is 21.2 Å². The number of hydrogen-bond acceptors (Lipinski definition) is 6. The van der Waals surface area contributed by atoms with Crippen LogP contribution in [0.15, 0.2) is 39.2 Å². The molecule has 0 unspecified atom stereocenters. The fraction of sp³-hybridized carbons (Fsp3) is 0.471. The topological polar surface area (TPSA) is 87.9 Å². The highest BCUT2D eigenvalue weighted by Crippen LogP contribution is 2.37. The van der Waals surface area contributed by atoms with Gasteiger partial charge in [0.05, 0.1) is 11.2 Å². The zero-order valence-electron chi connectivity index (χ0n) is 14.7. The Morgan fingerprint density at radius 1 is 1.33 bits per heavy atom. The zero-order chi connectivity index (χ0) is 19.7. The summed E-state index contributed by atoms with van der Waals surface area (Å²) in [6.07, 6.45) is -0.397. The van der Waals surface area contributed by atoms with Gasteiger partial charge in [0.1, 0.15) is 0 Å². The van der Waals surface area contributed by atoms with Gasteiger partial charge in [-0.3, -0.25) is 9.78 Å². The predicted octanol–water partition coefficient (Wildman–Crippen LogP) is 2.90. The molecule has 0 aromatic carbocycles. The minimum Gasteiger partial charge on any atom is -0.352 e. The van der Waals surface area contributed by atoms with Crippen molar-refractivity contribution in [1.29, 1.82) is 0 Å². The molecule has 1 fully saturated rings. The van der Waals surface area contributed by atoms with Gasteiger partial charge >= 0.3 is 6.18 Å². The van der Waals surface area contributed by atoms with E-state index in [0.717, 1.165) is 30.8 Å². The van der Waals surface area contributed by atoms with E-state index in [9.17, 15) is 18.0 Å². The lowest BCUT2D eigenvalue weighted by atomic mass is 9.80. The van der Waals surface area contributed by atoms with Gasteiger partial charge in [0, 0.05) is 24.2 Å². The van der Waals surface area contributed by atoms with Gasteiger partial charge in [0.15, 0.2) is 11.5 Å². The van der Waals surface area contributed by atoms with Crippen LogP contribution < -0.4 is 16.2 Å². The lowest BCUT2D eigenvalue weighted by Gasteiger charge is -2.38. The number of rotatable bonds is 4. The van der Waals surface area contributed by atoms with Crippen LogP contribution in [0.25, 0.3) is 0 Å². The van der Waals surface area contributed by atoms with Crippen LogP contribution in [0.2, 0.25) is 0 Å². The minimum atomic E-state index is -4.57. The van der Waals surface area contributed by atoms with E-state index < -0.39 is 17.4 Å². The molecule has 27 heavy (non-hydrogen) atoms. The smallest absolute Gasteiger partial charge is 0.352 e. The molecule has 0 aliphatic carbocycles. The average molecular weight is 399 g/mol. The van der Waals surface area contributed by atoms with Gasteiger partial charge < -0.3 is 15.6 Å². The summed E-state index contributed by atoms with van der Waals surface area (Å²) in [7, 11) is 0. The zero-order valence-corrected chi connectivity index (χ0v) is 15.5. The number of halogens is 3. The monoisotopic (exact) mass is 399 g/mol. The van der Waals surface area contributed by atoms with Gasteiger partial charge in [-0.05, 0) is 36.9 Å². The first-order valence-electron chi connectivity index (χ1n) is 8.46. The second-order valence-electron chi connectivity index (χ2n) is 6.85. The van der Waals surface area contributed by atoms with E-state index in [1.807, 2.05) is 4.90 Å². The number of hydrogen-bond donors (Lipinski definition) is 2. The molecule has 2 aromatic rings. The number of nitrogens with two attached hydrogens (primary N) is 1. The van der Waals surface area contributed by atoms with E-state index in [0.29, 0.717) is 19.6 Å². The fourth-order valence-electron chi connectivity index (χ4n) is 2.92. The Morgan fingerprint density at radius 2 is 2.04 bits per heavy atom. The van der Waals surface area contributed by atoms with Crippen molar-refractivity contribution in [1.82, 2.24) is 15.0 Å². The van der Waals surface area contributed by atoms with Crippen LogP contribution in [0.1, 0.15) is 25.5 Å². The maximum atomic E-state index is 13.1. The molecule has 1 aliphatic rings. The molecule has 1 aliphatic heterocycles. The number of pyridine rings is 1. The molecule has 1 saturated heterocycles. The number of anilines is 1. The number of alkyl halides is 3. The van der Waals surface area contributed by atoms with Crippen LogP contribution in [0.3, 0.4) is 0 Å². The van der Waals surface area contributed by atoms with Crippen LogP contribution >= 0.6 is 11.8 Å². The first-order chi connectivity index (χ1) is 12.7. The van der Waals surface area contributed by atoms with Crippen molar-refractivity contribution >= 4 is 17.6 Å². The molecule has 10 heteroatoms. The van der Waals surface area contributed by atoms with Gasteiger partial charge in [-0.1, -0.05) is 18.7 Å². The number of nitrogens with one attached hydrogen (secondary N) is 1. The lowest BCUT2D eigenvalue weighted by Crippen LogP contribution is -2.44. The Bertz CT molecular complexity index is 862. The van der Waals surface area contributed by atoms with Crippen molar-refractivity contribution in [2.24, 2.45) is 11.1 Å². The number of piperidine rings is 1. The van der Waals surface area contributed by atoms with E-state index in [2.05, 4.69) is 21.9 Å². The molecule has 3 N–H and O–H groups in total. The van der Waals surface area contributed by atoms with Crippen molar-refractivity contribution in [3.63, 3.8) is 0 Å². The summed E-state index contributed by atoms with van der Waals surface area (Å²) in [5.74, 6) is 0.278. The summed E-state index contributed by atoms with van der Waals surface area (Å²) in [6, 6.07) is 2.73. The van der Waals surface area contributed by atoms with Gasteiger partial charge in [0.2, 0.25) is 0 Å². The highest BCUT2D eigenvalue weighted by Gasteiger charge is 2.35. The maximum Gasteiger partial charge on any atom is 0.434 e. The molecule has 2 aromatic heterocycles. The molecule has 0 saturated carbocycles. The quantitative estimate of drug-likeness (QED) is 0.822. The molecule has 3 heterocycles. The summed E-state index contributed by atoms with van der Waals surface area (Å²) in [5, 5.41) is 0.228. The molecular weight excluding hydrogens is 379 g/mol. The van der Waals surface area contributed by atoms with E-state index in [1.165, 1.54) is 18.3 Å². The lowest BCUT2D eigenvalue weighted by molar-refractivity contribution is -0.143. The van der Waals surface area contributed by atoms with Crippen molar-refractivity contribution < 1.29 is 13.2 Å². The van der Waals surface area contributed by atoms with E-state index >= 15 is 0 Å². The second-order valence-corrected chi connectivity index (χ2v) is 7.94. The predicted molar refractivity (Wildman–Crippen MR) is 96.8 cm³/mol. The third kappa shape index (κ3) is 4.44. The second kappa shape index (κ2) is 7.51. The molecular formula is C17H20F3N5OS. The van der Waals surface area contributed by atoms with Gasteiger partial charge in [-0.25, -0.2) is 4.98 Å². The largest absolute Gasteiger partial charge is 0.434 e. The Kier molecular flexibility index (Phi) is 5.48. The number of H-pyrrole nitrogens is 1. The molecule has 0 amide bonds. The van der Waals surface area contributed by atoms with Gasteiger partial charge in [-0.15, -0.1) is 0 Å².